The summed E-state index contributed by atoms with van der Waals surface area (Å²) in [5.41, 5.74) is -0.348. The Kier molecular flexibility index (Phi) is 6.32. The number of carbonyl (C=O) groups is 3. The molecule has 1 fully saturated rings. The van der Waals surface area contributed by atoms with Gasteiger partial charge in [-0.2, -0.15) is 0 Å². The summed E-state index contributed by atoms with van der Waals surface area (Å²) in [5, 5.41) is 17.9. The number of aliphatic carboxylic acids is 2. The van der Waals surface area contributed by atoms with E-state index in [0.29, 0.717) is 0 Å². The molecule has 0 saturated carbocycles. The van der Waals surface area contributed by atoms with Crippen LogP contribution in [0.15, 0.2) is 0 Å². The highest BCUT2D eigenvalue weighted by Crippen LogP contribution is 2.15. The number of hydrogen-bond donors (Lipinski definition) is 3. The second-order valence-corrected chi connectivity index (χ2v) is 4.83. The van der Waals surface area contributed by atoms with Crippen molar-refractivity contribution in [3.8, 4) is 0 Å². The number of rotatable bonds is 1. The van der Waals surface area contributed by atoms with E-state index in [9.17, 15) is 4.79 Å². The van der Waals surface area contributed by atoms with Crippen molar-refractivity contribution in [1.29, 1.82) is 0 Å². The number of ether oxygens (including phenoxy) is 1. The zero-order chi connectivity index (χ0) is 14.3. The standard InChI is InChI=1S/C9H17NO2.C2H2O4/c1-9(2,3)12-8(11)7-4-5-10-6-7;3-1(4)2(5)6/h7,10H,4-6H2,1-3H3;(H,3,4)(H,5,6). The van der Waals surface area contributed by atoms with Gasteiger partial charge in [0, 0.05) is 6.54 Å². The second kappa shape index (κ2) is 6.95. The molecule has 1 atom stereocenters. The first-order valence-electron chi connectivity index (χ1n) is 5.53. The van der Waals surface area contributed by atoms with Crippen molar-refractivity contribution < 1.29 is 29.3 Å². The summed E-state index contributed by atoms with van der Waals surface area (Å²) in [7, 11) is 0. The molecule has 18 heavy (non-hydrogen) atoms. The fraction of sp³-hybridized carbons (Fsp3) is 0.727. The van der Waals surface area contributed by atoms with Crippen LogP contribution >= 0.6 is 0 Å². The van der Waals surface area contributed by atoms with Gasteiger partial charge in [0.05, 0.1) is 5.92 Å². The topological polar surface area (TPSA) is 113 Å². The van der Waals surface area contributed by atoms with E-state index in [1.807, 2.05) is 20.8 Å². The van der Waals surface area contributed by atoms with E-state index in [4.69, 9.17) is 24.5 Å². The van der Waals surface area contributed by atoms with Crippen LogP contribution in [-0.2, 0) is 19.1 Å². The van der Waals surface area contributed by atoms with E-state index >= 15 is 0 Å². The molecule has 1 aliphatic rings. The van der Waals surface area contributed by atoms with Crippen molar-refractivity contribution in [1.82, 2.24) is 5.32 Å². The van der Waals surface area contributed by atoms with Crippen LogP contribution < -0.4 is 5.32 Å². The lowest BCUT2D eigenvalue weighted by Gasteiger charge is -2.21. The molecule has 1 aliphatic heterocycles. The summed E-state index contributed by atoms with van der Waals surface area (Å²) in [6, 6.07) is 0. The van der Waals surface area contributed by atoms with Gasteiger partial charge < -0.3 is 20.3 Å². The van der Waals surface area contributed by atoms with Gasteiger partial charge in [0.2, 0.25) is 0 Å². The third-order valence-electron chi connectivity index (χ3n) is 1.98. The molecule has 0 radical (unpaired) electrons. The Morgan fingerprint density at radius 1 is 1.17 bits per heavy atom. The predicted octanol–water partition coefficient (Wildman–Crippen LogP) is 0.0932. The molecule has 104 valence electrons. The van der Waals surface area contributed by atoms with Gasteiger partial charge >= 0.3 is 17.9 Å². The maximum Gasteiger partial charge on any atom is 0.414 e. The average Bonchev–Trinajstić information content (AvgIpc) is 2.68. The van der Waals surface area contributed by atoms with Gasteiger partial charge in [-0.05, 0) is 33.7 Å². The Balaban J connectivity index is 0.000000411. The van der Waals surface area contributed by atoms with E-state index in [-0.39, 0.29) is 17.5 Å². The lowest BCUT2D eigenvalue weighted by atomic mass is 10.1. The van der Waals surface area contributed by atoms with Crippen LogP contribution in [-0.4, -0.2) is 46.8 Å². The molecule has 3 N–H and O–H groups in total. The lowest BCUT2D eigenvalue weighted by molar-refractivity contribution is -0.159. The van der Waals surface area contributed by atoms with Gasteiger partial charge in [0.25, 0.3) is 0 Å². The van der Waals surface area contributed by atoms with Crippen molar-refractivity contribution in [2.24, 2.45) is 5.92 Å². The number of carbonyl (C=O) groups excluding carboxylic acids is 1. The molecule has 0 aromatic rings. The molecule has 7 nitrogen and oxygen atoms in total. The van der Waals surface area contributed by atoms with E-state index in [2.05, 4.69) is 5.32 Å². The van der Waals surface area contributed by atoms with Gasteiger partial charge in [-0.15, -0.1) is 0 Å². The summed E-state index contributed by atoms with van der Waals surface area (Å²) in [5.74, 6) is -3.64. The van der Waals surface area contributed by atoms with Gasteiger partial charge in [-0.1, -0.05) is 0 Å². The number of esters is 1. The molecule has 0 aliphatic carbocycles. The molecule has 1 heterocycles. The molecular formula is C11H19NO6. The molecule has 0 amide bonds. The highest BCUT2D eigenvalue weighted by Gasteiger charge is 2.27. The highest BCUT2D eigenvalue weighted by atomic mass is 16.6. The first kappa shape index (κ1) is 16.4. The molecule has 0 spiro atoms. The van der Waals surface area contributed by atoms with E-state index in [1.165, 1.54) is 0 Å². The van der Waals surface area contributed by atoms with Crippen molar-refractivity contribution in [2.75, 3.05) is 13.1 Å². The fourth-order valence-electron chi connectivity index (χ4n) is 1.24. The summed E-state index contributed by atoms with van der Waals surface area (Å²) >= 11 is 0. The molecule has 0 aromatic carbocycles. The summed E-state index contributed by atoms with van der Waals surface area (Å²) in [6.07, 6.45) is 0.912. The third-order valence-corrected chi connectivity index (χ3v) is 1.98. The first-order chi connectivity index (χ1) is 8.13. The minimum absolute atomic E-state index is 0.0625. The van der Waals surface area contributed by atoms with Gasteiger partial charge in [0.15, 0.2) is 0 Å². The van der Waals surface area contributed by atoms with Crippen molar-refractivity contribution >= 4 is 17.9 Å². The van der Waals surface area contributed by atoms with Crippen LogP contribution in [0.1, 0.15) is 27.2 Å². The van der Waals surface area contributed by atoms with E-state index in [0.717, 1.165) is 19.5 Å². The predicted molar refractivity (Wildman–Crippen MR) is 62.1 cm³/mol. The van der Waals surface area contributed by atoms with Crippen molar-refractivity contribution in [3.63, 3.8) is 0 Å². The Bertz CT molecular complexity index is 302. The minimum Gasteiger partial charge on any atom is -0.473 e. The third kappa shape index (κ3) is 7.61. The summed E-state index contributed by atoms with van der Waals surface area (Å²) < 4.78 is 5.24. The quantitative estimate of drug-likeness (QED) is 0.453. The van der Waals surface area contributed by atoms with Crippen molar-refractivity contribution in [3.05, 3.63) is 0 Å². The summed E-state index contributed by atoms with van der Waals surface area (Å²) in [6.45, 7) is 7.40. The molecule has 0 aromatic heterocycles. The maximum atomic E-state index is 11.4. The molecular weight excluding hydrogens is 242 g/mol. The zero-order valence-electron chi connectivity index (χ0n) is 10.7. The average molecular weight is 261 g/mol. The summed E-state index contributed by atoms with van der Waals surface area (Å²) in [4.78, 5) is 29.6. The normalized spacial score (nSPS) is 18.5. The van der Waals surface area contributed by atoms with Gasteiger partial charge in [0.1, 0.15) is 5.60 Å². The van der Waals surface area contributed by atoms with Gasteiger partial charge in [-0.3, -0.25) is 4.79 Å². The fourth-order valence-corrected chi connectivity index (χ4v) is 1.24. The Labute approximate surface area is 105 Å². The molecule has 0 bridgehead atoms. The van der Waals surface area contributed by atoms with Crippen LogP contribution in [0.25, 0.3) is 0 Å². The monoisotopic (exact) mass is 261 g/mol. The number of carboxylic acid groups (broad SMARTS) is 2. The van der Waals surface area contributed by atoms with Crippen molar-refractivity contribution in [2.45, 2.75) is 32.8 Å². The van der Waals surface area contributed by atoms with Gasteiger partial charge in [-0.25, -0.2) is 9.59 Å². The number of carboxylic acids is 2. The smallest absolute Gasteiger partial charge is 0.414 e. The number of hydrogen-bond acceptors (Lipinski definition) is 5. The Hall–Kier alpha value is -1.63. The largest absolute Gasteiger partial charge is 0.473 e. The molecule has 1 saturated heterocycles. The zero-order valence-corrected chi connectivity index (χ0v) is 10.7. The highest BCUT2D eigenvalue weighted by molar-refractivity contribution is 6.27. The Morgan fingerprint density at radius 2 is 1.67 bits per heavy atom. The second-order valence-electron chi connectivity index (χ2n) is 4.83. The number of nitrogens with one attached hydrogen (secondary N) is 1. The van der Waals surface area contributed by atoms with Crippen LogP contribution in [0.2, 0.25) is 0 Å². The lowest BCUT2D eigenvalue weighted by Crippen LogP contribution is -2.29. The van der Waals surface area contributed by atoms with E-state index in [1.54, 1.807) is 0 Å². The first-order valence-corrected chi connectivity index (χ1v) is 5.53. The molecule has 7 heteroatoms. The molecule has 1 rings (SSSR count). The van der Waals surface area contributed by atoms with Crippen LogP contribution in [0.4, 0.5) is 0 Å². The Morgan fingerprint density at radius 3 is 1.94 bits per heavy atom. The van der Waals surface area contributed by atoms with Crippen LogP contribution in [0.3, 0.4) is 0 Å². The SMILES string of the molecule is CC(C)(C)OC(=O)C1CCNC1.O=C(O)C(=O)O. The maximum absolute atomic E-state index is 11.4. The molecule has 1 unspecified atom stereocenters. The van der Waals surface area contributed by atoms with E-state index < -0.39 is 11.9 Å². The van der Waals surface area contributed by atoms with Crippen LogP contribution in [0, 0.1) is 5.92 Å². The minimum atomic E-state index is -1.82. The van der Waals surface area contributed by atoms with Crippen LogP contribution in [0.5, 0.6) is 0 Å².